The maximum atomic E-state index is 14.3. The molecule has 390 valence electrons. The van der Waals surface area contributed by atoms with E-state index in [1.165, 1.54) is 12.0 Å². The maximum absolute atomic E-state index is 14.3. The van der Waals surface area contributed by atoms with Crippen LogP contribution in [0.25, 0.3) is 0 Å². The molecule has 20 nitrogen and oxygen atoms in total. The number of likely N-dealkylation sites (tertiary alicyclic amines) is 1. The summed E-state index contributed by atoms with van der Waals surface area (Å²) >= 11 is 0. The number of carbonyl (C=O) groups excluding carboxylic acids is 5. The van der Waals surface area contributed by atoms with Gasteiger partial charge in [-0.3, -0.25) is 24.0 Å². The molecule has 0 saturated carbocycles. The monoisotopic (exact) mass is 975 g/mol. The third-order valence-electron chi connectivity index (χ3n) is 12.8. The second-order valence-electron chi connectivity index (χ2n) is 17.9. The number of benzene rings is 1. The van der Waals surface area contributed by atoms with Crippen molar-refractivity contribution in [1.29, 1.82) is 0 Å². The Bertz CT molecular complexity index is 1780. The maximum Gasteiger partial charge on any atom is 0.243 e. The van der Waals surface area contributed by atoms with E-state index >= 15 is 0 Å². The van der Waals surface area contributed by atoms with E-state index in [2.05, 4.69) is 25.4 Å². The van der Waals surface area contributed by atoms with Crippen LogP contribution in [0.2, 0.25) is 0 Å². The topological polar surface area (TPSA) is 238 Å². The highest BCUT2D eigenvalue weighted by molar-refractivity contribution is 5.90. The summed E-state index contributed by atoms with van der Waals surface area (Å²) in [6.07, 6.45) is 4.77. The summed E-state index contributed by atoms with van der Waals surface area (Å²) in [6, 6.07) is 7.75. The van der Waals surface area contributed by atoms with E-state index in [1.807, 2.05) is 65.0 Å². The van der Waals surface area contributed by atoms with E-state index < -0.39 is 42.2 Å². The lowest BCUT2D eigenvalue weighted by Gasteiger charge is -2.39. The number of hydrogen-bond donors (Lipinski definition) is 4. The van der Waals surface area contributed by atoms with Gasteiger partial charge in [-0.25, -0.2) is 10.9 Å². The Morgan fingerprint density at radius 3 is 2.01 bits per heavy atom. The average Bonchev–Trinajstić information content (AvgIpc) is 4.07. The first-order valence-corrected chi connectivity index (χ1v) is 24.3. The highest BCUT2D eigenvalue weighted by Crippen LogP contribution is 2.30. The van der Waals surface area contributed by atoms with E-state index in [0.29, 0.717) is 77.9 Å². The lowest BCUT2D eigenvalue weighted by atomic mass is 9.90. The normalized spacial score (nSPS) is 16.9. The first-order valence-electron chi connectivity index (χ1n) is 24.3. The van der Waals surface area contributed by atoms with E-state index in [0.717, 1.165) is 12.0 Å². The molecule has 8 atom stereocenters. The summed E-state index contributed by atoms with van der Waals surface area (Å²) in [5.41, 5.74) is 1.05. The van der Waals surface area contributed by atoms with Crippen LogP contribution in [-0.4, -0.2) is 185 Å². The lowest BCUT2D eigenvalue weighted by molar-refractivity contribution is -0.146. The minimum Gasteiger partial charge on any atom is -0.379 e. The van der Waals surface area contributed by atoms with Gasteiger partial charge < -0.3 is 63.6 Å². The molecule has 1 aromatic heterocycles. The number of imidazole rings is 1. The van der Waals surface area contributed by atoms with Gasteiger partial charge in [-0.15, -0.1) is 0 Å². The molecule has 0 aliphatic carbocycles. The van der Waals surface area contributed by atoms with E-state index in [9.17, 15) is 24.0 Å². The summed E-state index contributed by atoms with van der Waals surface area (Å²) < 4.78 is 33.8. The van der Waals surface area contributed by atoms with E-state index in [4.69, 9.17) is 34.3 Å². The molecular weight excluding hydrogens is 893 g/mol. The van der Waals surface area contributed by atoms with Crippen LogP contribution in [0, 0.1) is 17.8 Å². The van der Waals surface area contributed by atoms with Gasteiger partial charge in [0.05, 0.1) is 115 Å². The van der Waals surface area contributed by atoms with Gasteiger partial charge in [-0.05, 0) is 36.7 Å². The van der Waals surface area contributed by atoms with Crippen LogP contribution in [-0.2, 0) is 63.7 Å². The number of aromatic amines is 1. The zero-order chi connectivity index (χ0) is 50.7. The van der Waals surface area contributed by atoms with Gasteiger partial charge in [-0.1, -0.05) is 71.4 Å². The molecule has 2 aromatic rings. The molecule has 1 aliphatic heterocycles. The number of methoxy groups -OCH3 is 2. The van der Waals surface area contributed by atoms with Crippen molar-refractivity contribution in [1.82, 2.24) is 35.3 Å². The number of aromatic nitrogens is 2. The summed E-state index contributed by atoms with van der Waals surface area (Å²) in [5.74, 6) is 3.14. The lowest BCUT2D eigenvalue weighted by Crippen LogP contribution is -2.55. The van der Waals surface area contributed by atoms with Crippen LogP contribution in [0.1, 0.15) is 84.2 Å². The van der Waals surface area contributed by atoms with Crippen LogP contribution in [0.4, 0.5) is 0 Å². The van der Waals surface area contributed by atoms with Crippen LogP contribution in [0.3, 0.4) is 0 Å². The first kappa shape index (κ1) is 58.8. The van der Waals surface area contributed by atoms with Crippen molar-refractivity contribution in [3.63, 3.8) is 0 Å². The summed E-state index contributed by atoms with van der Waals surface area (Å²) in [5, 5.41) is 5.94. The predicted molar refractivity (Wildman–Crippen MR) is 258 cm³/mol. The number of rotatable bonds is 35. The summed E-state index contributed by atoms with van der Waals surface area (Å²) in [4.78, 5) is 85.6. The number of hydrogen-bond acceptors (Lipinski definition) is 14. The molecular formula is C49H82N8O12. The third kappa shape index (κ3) is 19.3. The first-order chi connectivity index (χ1) is 33.2. The third-order valence-corrected chi connectivity index (χ3v) is 12.8. The number of carbonyl (C=O) groups is 5. The van der Waals surface area contributed by atoms with Gasteiger partial charge in [-0.2, -0.15) is 0 Å². The Hall–Kier alpha value is -4.54. The van der Waals surface area contributed by atoms with Gasteiger partial charge >= 0.3 is 0 Å². The molecule has 1 saturated heterocycles. The number of nitrogens with zero attached hydrogens (tertiary/aromatic N) is 4. The molecule has 0 spiro atoms. The van der Waals surface area contributed by atoms with Crippen molar-refractivity contribution in [3.05, 3.63) is 54.1 Å². The molecule has 2 heterocycles. The Balaban J connectivity index is 1.54. The fourth-order valence-electron chi connectivity index (χ4n) is 8.84. The average molecular weight is 975 g/mol. The van der Waals surface area contributed by atoms with Gasteiger partial charge in [0.25, 0.3) is 0 Å². The van der Waals surface area contributed by atoms with Crippen LogP contribution < -0.4 is 16.5 Å². The van der Waals surface area contributed by atoms with Crippen LogP contribution >= 0.6 is 0 Å². The smallest absolute Gasteiger partial charge is 0.243 e. The molecule has 20 heteroatoms. The molecule has 1 aliphatic rings. The molecule has 1 fully saturated rings. The summed E-state index contributed by atoms with van der Waals surface area (Å²) in [6.45, 7) is 12.8. The second kappa shape index (κ2) is 32.4. The molecule has 5 N–H and O–H groups in total. The molecule has 8 unspecified atom stereocenters. The van der Waals surface area contributed by atoms with Crippen molar-refractivity contribution < 1.29 is 57.2 Å². The SMILES string of the molecule is CCC(C)C(C(CC(=O)N1CCCC1C(OC)C(C)C(=O)NC(Cc1ccccc1)c1ncc[nH]1)OC)N(C)C(=O)CNC(=O)C(C(C)C)N(C)C(=O)CCOCCOCCOCCOCCON. The van der Waals surface area contributed by atoms with Gasteiger partial charge in [0.2, 0.25) is 29.5 Å². The number of ether oxygens (including phenoxy) is 6. The Morgan fingerprint density at radius 2 is 1.46 bits per heavy atom. The second-order valence-corrected chi connectivity index (χ2v) is 17.9. The molecule has 5 amide bonds. The minimum absolute atomic E-state index is 0.0155. The van der Waals surface area contributed by atoms with Crippen LogP contribution in [0.15, 0.2) is 42.7 Å². The van der Waals surface area contributed by atoms with Gasteiger partial charge in [0.15, 0.2) is 0 Å². The Kier molecular flexibility index (Phi) is 27.6. The fourth-order valence-corrected chi connectivity index (χ4v) is 8.84. The number of H-pyrrole nitrogens is 1. The number of amides is 5. The zero-order valence-corrected chi connectivity index (χ0v) is 42.5. The van der Waals surface area contributed by atoms with Crippen molar-refractivity contribution in [2.24, 2.45) is 23.7 Å². The van der Waals surface area contributed by atoms with Crippen molar-refractivity contribution in [2.75, 3.05) is 101 Å². The number of nitrogens with one attached hydrogen (secondary N) is 3. The molecule has 3 rings (SSSR count). The highest BCUT2D eigenvalue weighted by atomic mass is 16.6. The number of nitrogens with two attached hydrogens (primary N) is 1. The number of likely N-dealkylation sites (N-methyl/N-ethyl adjacent to an activating group) is 2. The van der Waals surface area contributed by atoms with E-state index in [-0.39, 0.29) is 74.1 Å². The van der Waals surface area contributed by atoms with Gasteiger partial charge in [0.1, 0.15) is 11.9 Å². The predicted octanol–water partition coefficient (Wildman–Crippen LogP) is 2.68. The van der Waals surface area contributed by atoms with Crippen molar-refractivity contribution >= 4 is 29.5 Å². The Morgan fingerprint density at radius 1 is 0.841 bits per heavy atom. The largest absolute Gasteiger partial charge is 0.379 e. The minimum atomic E-state index is -0.835. The van der Waals surface area contributed by atoms with Crippen molar-refractivity contribution in [3.8, 4) is 0 Å². The standard InChI is InChI=1S/C49H82N8O12/c1-10-35(4)45(56(7)43(60)33-53-49(62)44(34(2)3)55(6)41(58)18-22-65-23-24-66-25-26-67-27-28-68-29-30-69-50)40(63-8)32-42(59)57-21-14-17-39(57)46(64-9)36(5)48(61)54-38(47-51-19-20-52-47)31-37-15-12-11-13-16-37/h11-13,15-16,19-20,34-36,38-40,44-46H,10,14,17-18,21-33,50H2,1-9H3,(H,51,52)(H,53,62)(H,54,61). The van der Waals surface area contributed by atoms with Gasteiger partial charge in [0, 0.05) is 47.3 Å². The molecule has 0 bridgehead atoms. The molecule has 0 radical (unpaired) electrons. The summed E-state index contributed by atoms with van der Waals surface area (Å²) in [7, 11) is 6.32. The van der Waals surface area contributed by atoms with Crippen molar-refractivity contribution in [2.45, 2.75) is 110 Å². The van der Waals surface area contributed by atoms with E-state index in [1.54, 1.807) is 43.4 Å². The molecule has 1 aromatic carbocycles. The highest BCUT2D eigenvalue weighted by Gasteiger charge is 2.42. The Labute approximate surface area is 409 Å². The van der Waals surface area contributed by atoms with Crippen LogP contribution in [0.5, 0.6) is 0 Å². The zero-order valence-electron chi connectivity index (χ0n) is 42.5. The fraction of sp³-hybridized carbons (Fsp3) is 0.714. The quantitative estimate of drug-likeness (QED) is 0.0575. The molecule has 69 heavy (non-hydrogen) atoms.